The molecular weight excluding hydrogens is 362 g/mol. The summed E-state index contributed by atoms with van der Waals surface area (Å²) in [6.45, 7) is 5.35. The molecule has 1 aliphatic rings. The van der Waals surface area contributed by atoms with Crippen molar-refractivity contribution in [2.75, 3.05) is 5.32 Å². The number of hydrogen-bond acceptors (Lipinski definition) is 6. The first-order valence-electron chi connectivity index (χ1n) is 9.15. The van der Waals surface area contributed by atoms with E-state index in [0.717, 1.165) is 0 Å². The van der Waals surface area contributed by atoms with E-state index in [9.17, 15) is 19.5 Å². The fraction of sp³-hybridized carbons (Fsp3) is 0.421. The van der Waals surface area contributed by atoms with Gasteiger partial charge in [-0.2, -0.15) is 9.78 Å². The molecule has 0 spiro atoms. The van der Waals surface area contributed by atoms with Crippen molar-refractivity contribution in [1.82, 2.24) is 19.7 Å². The average molecular weight is 384 g/mol. The summed E-state index contributed by atoms with van der Waals surface area (Å²) >= 11 is 0. The van der Waals surface area contributed by atoms with Crippen LogP contribution >= 0.6 is 0 Å². The topological polar surface area (TPSA) is 133 Å². The van der Waals surface area contributed by atoms with Crippen molar-refractivity contribution in [2.24, 2.45) is 11.8 Å². The van der Waals surface area contributed by atoms with Gasteiger partial charge in [0, 0.05) is 29.2 Å². The van der Waals surface area contributed by atoms with Crippen LogP contribution in [0, 0.1) is 25.7 Å². The van der Waals surface area contributed by atoms with Gasteiger partial charge in [0.1, 0.15) is 5.82 Å². The summed E-state index contributed by atoms with van der Waals surface area (Å²) in [7, 11) is 0. The van der Waals surface area contributed by atoms with Gasteiger partial charge in [-0.15, -0.1) is 0 Å². The van der Waals surface area contributed by atoms with Crippen molar-refractivity contribution in [3.63, 3.8) is 0 Å². The first-order chi connectivity index (χ1) is 13.3. The number of anilines is 1. The number of carbonyl (C=O) groups excluding carboxylic acids is 2. The van der Waals surface area contributed by atoms with Gasteiger partial charge in [-0.1, -0.05) is 19.1 Å². The molecule has 0 unspecified atom stereocenters. The van der Waals surface area contributed by atoms with E-state index in [1.165, 1.54) is 4.68 Å². The Hall–Kier alpha value is -3.23. The molecule has 9 heteroatoms. The van der Waals surface area contributed by atoms with Crippen LogP contribution in [-0.4, -0.2) is 31.6 Å². The minimum absolute atomic E-state index is 0.183. The molecule has 2 N–H and O–H groups in total. The van der Waals surface area contributed by atoms with Crippen molar-refractivity contribution in [3.8, 4) is 5.95 Å². The van der Waals surface area contributed by atoms with Gasteiger partial charge in [0.15, 0.2) is 0 Å². The molecule has 0 saturated heterocycles. The van der Waals surface area contributed by atoms with Gasteiger partial charge in [0.05, 0.1) is 11.6 Å². The SMILES string of the molecule is CCc1c(C)nc(-n2nc(C)cc2NC(=O)[C@H]2CC=CC[C@H]2C(=O)[O-])[nH]c1=O. The molecule has 0 aromatic carbocycles. The number of carboxylic acid groups (broad SMARTS) is 1. The standard InChI is InChI=1S/C19H23N5O4/c1-4-12-11(3)20-19(22-16(12)25)24-15(9-10(2)23-24)21-17(26)13-7-5-6-8-14(13)18(27)28/h5-6,9,13-14H,4,7-8H2,1-3H3,(H,21,26)(H,27,28)(H,20,22,25)/p-1/t13-,14+/m0/s1. The number of allylic oxidation sites excluding steroid dienone is 2. The fourth-order valence-corrected chi connectivity index (χ4v) is 3.45. The quantitative estimate of drug-likeness (QED) is 0.717. The molecule has 0 bridgehead atoms. The molecule has 1 aliphatic carbocycles. The molecule has 9 nitrogen and oxygen atoms in total. The molecule has 0 radical (unpaired) electrons. The second-order valence-electron chi connectivity index (χ2n) is 6.85. The predicted molar refractivity (Wildman–Crippen MR) is 99.8 cm³/mol. The van der Waals surface area contributed by atoms with Crippen LogP contribution in [0.15, 0.2) is 23.0 Å². The molecule has 0 saturated carbocycles. The van der Waals surface area contributed by atoms with E-state index in [4.69, 9.17) is 0 Å². The smallest absolute Gasteiger partial charge is 0.255 e. The summed E-state index contributed by atoms with van der Waals surface area (Å²) in [5.41, 5.74) is 1.52. The summed E-state index contributed by atoms with van der Waals surface area (Å²) in [5.74, 6) is -2.82. The Morgan fingerprint density at radius 2 is 1.96 bits per heavy atom. The zero-order chi connectivity index (χ0) is 20.4. The molecule has 0 aliphatic heterocycles. The second kappa shape index (κ2) is 7.79. The summed E-state index contributed by atoms with van der Waals surface area (Å²) < 4.78 is 1.34. The van der Waals surface area contributed by atoms with E-state index in [2.05, 4.69) is 20.4 Å². The summed E-state index contributed by atoms with van der Waals surface area (Å²) in [4.78, 5) is 43.4. The Morgan fingerprint density at radius 3 is 2.57 bits per heavy atom. The number of amides is 1. The molecule has 2 heterocycles. The van der Waals surface area contributed by atoms with Gasteiger partial charge in [-0.25, -0.2) is 4.98 Å². The average Bonchev–Trinajstić information content (AvgIpc) is 3.01. The number of rotatable bonds is 5. The Balaban J connectivity index is 1.93. The largest absolute Gasteiger partial charge is 0.550 e. The number of aromatic amines is 1. The van der Waals surface area contributed by atoms with Crippen molar-refractivity contribution < 1.29 is 14.7 Å². The number of H-pyrrole nitrogens is 1. The van der Waals surface area contributed by atoms with Crippen molar-refractivity contribution >= 4 is 17.7 Å². The van der Waals surface area contributed by atoms with Crippen LogP contribution < -0.4 is 16.0 Å². The van der Waals surface area contributed by atoms with E-state index in [1.54, 1.807) is 32.1 Å². The van der Waals surface area contributed by atoms with Crippen LogP contribution in [0.3, 0.4) is 0 Å². The van der Waals surface area contributed by atoms with Crippen molar-refractivity contribution in [1.29, 1.82) is 0 Å². The number of carboxylic acids is 1. The normalized spacial score (nSPS) is 18.8. The third-order valence-corrected chi connectivity index (χ3v) is 4.92. The van der Waals surface area contributed by atoms with Gasteiger partial charge in [0.25, 0.3) is 5.56 Å². The highest BCUT2D eigenvalue weighted by molar-refractivity contribution is 5.94. The number of nitrogens with zero attached hydrogens (tertiary/aromatic N) is 3. The van der Waals surface area contributed by atoms with E-state index >= 15 is 0 Å². The maximum absolute atomic E-state index is 12.7. The monoisotopic (exact) mass is 384 g/mol. The van der Waals surface area contributed by atoms with Crippen LogP contribution in [-0.2, 0) is 16.0 Å². The lowest BCUT2D eigenvalue weighted by Gasteiger charge is -2.28. The maximum atomic E-state index is 12.7. The van der Waals surface area contributed by atoms with Crippen LogP contribution in [0.2, 0.25) is 0 Å². The van der Waals surface area contributed by atoms with E-state index in [0.29, 0.717) is 35.6 Å². The maximum Gasteiger partial charge on any atom is 0.255 e. The molecule has 2 atom stereocenters. The minimum atomic E-state index is -1.24. The number of hydrogen-bond donors (Lipinski definition) is 2. The lowest BCUT2D eigenvalue weighted by Crippen LogP contribution is -2.41. The molecule has 28 heavy (non-hydrogen) atoms. The van der Waals surface area contributed by atoms with E-state index in [1.807, 2.05) is 6.92 Å². The van der Waals surface area contributed by atoms with Crippen molar-refractivity contribution in [3.05, 3.63) is 45.5 Å². The fourth-order valence-electron chi connectivity index (χ4n) is 3.45. The number of aryl methyl sites for hydroxylation is 2. The predicted octanol–water partition coefficient (Wildman–Crippen LogP) is 0.406. The number of aliphatic carboxylic acids is 1. The highest BCUT2D eigenvalue weighted by Crippen LogP contribution is 2.27. The summed E-state index contributed by atoms with van der Waals surface area (Å²) in [6.07, 6.45) is 4.65. The number of carbonyl (C=O) groups is 2. The molecule has 148 valence electrons. The Bertz CT molecular complexity index is 1000. The Kier molecular flexibility index (Phi) is 5.43. The number of nitrogens with one attached hydrogen (secondary N) is 2. The first kappa shape index (κ1) is 19.5. The number of aromatic nitrogens is 4. The van der Waals surface area contributed by atoms with Crippen LogP contribution in [0.25, 0.3) is 5.95 Å². The lowest BCUT2D eigenvalue weighted by atomic mass is 9.82. The highest BCUT2D eigenvalue weighted by atomic mass is 16.4. The third-order valence-electron chi connectivity index (χ3n) is 4.92. The second-order valence-corrected chi connectivity index (χ2v) is 6.85. The van der Waals surface area contributed by atoms with Gasteiger partial charge in [-0.05, 0) is 33.1 Å². The Morgan fingerprint density at radius 1 is 1.29 bits per heavy atom. The van der Waals surface area contributed by atoms with Crippen LogP contribution in [0.1, 0.15) is 36.7 Å². The van der Waals surface area contributed by atoms with Crippen LogP contribution in [0.5, 0.6) is 0 Å². The van der Waals surface area contributed by atoms with Gasteiger partial charge in [-0.3, -0.25) is 14.6 Å². The Labute approximate surface area is 161 Å². The van der Waals surface area contributed by atoms with Crippen molar-refractivity contribution in [2.45, 2.75) is 40.0 Å². The molecule has 1 amide bonds. The molecular formula is C19H22N5O4-. The van der Waals surface area contributed by atoms with Gasteiger partial charge >= 0.3 is 0 Å². The zero-order valence-electron chi connectivity index (χ0n) is 16.0. The zero-order valence-corrected chi connectivity index (χ0v) is 16.0. The van der Waals surface area contributed by atoms with E-state index < -0.39 is 23.7 Å². The van der Waals surface area contributed by atoms with E-state index in [-0.39, 0.29) is 17.9 Å². The highest BCUT2D eigenvalue weighted by Gasteiger charge is 2.30. The molecule has 0 fully saturated rings. The third kappa shape index (κ3) is 3.73. The van der Waals surface area contributed by atoms with Gasteiger partial charge < -0.3 is 15.2 Å². The first-order valence-corrected chi connectivity index (χ1v) is 9.15. The molecule has 3 rings (SSSR count). The lowest BCUT2D eigenvalue weighted by molar-refractivity contribution is -0.313. The molecule has 2 aromatic rings. The van der Waals surface area contributed by atoms with Gasteiger partial charge in [0.2, 0.25) is 11.9 Å². The minimum Gasteiger partial charge on any atom is -0.550 e. The summed E-state index contributed by atoms with van der Waals surface area (Å²) in [6, 6.07) is 1.63. The summed E-state index contributed by atoms with van der Waals surface area (Å²) in [5, 5.41) is 18.4. The van der Waals surface area contributed by atoms with Crippen LogP contribution in [0.4, 0.5) is 5.82 Å². The molecule has 2 aromatic heterocycles.